The highest BCUT2D eigenvalue weighted by molar-refractivity contribution is 5.90. The number of pyridine rings is 1. The van der Waals surface area contributed by atoms with Crippen molar-refractivity contribution < 1.29 is 9.47 Å². The van der Waals surface area contributed by atoms with E-state index in [1.54, 1.807) is 14.0 Å². The summed E-state index contributed by atoms with van der Waals surface area (Å²) in [5.74, 6) is 2.00. The second-order valence-electron chi connectivity index (χ2n) is 9.16. The lowest BCUT2D eigenvalue weighted by molar-refractivity contribution is 0.200. The summed E-state index contributed by atoms with van der Waals surface area (Å²) in [6.07, 6.45) is 11.1. The molecule has 7 heteroatoms. The summed E-state index contributed by atoms with van der Waals surface area (Å²) in [4.78, 5) is 8.78. The highest BCUT2D eigenvalue weighted by atomic mass is 16.5. The van der Waals surface area contributed by atoms with E-state index in [4.69, 9.17) is 20.5 Å². The van der Waals surface area contributed by atoms with Crippen molar-refractivity contribution in [1.82, 2.24) is 10.3 Å². The van der Waals surface area contributed by atoms with E-state index in [1.807, 2.05) is 48.9 Å². The molecule has 3 aromatic rings. The lowest BCUT2D eigenvalue weighted by Gasteiger charge is -2.22. The molecule has 0 bridgehead atoms. The van der Waals surface area contributed by atoms with Gasteiger partial charge in [-0.2, -0.15) is 5.26 Å². The zero-order valence-electron chi connectivity index (χ0n) is 20.9. The largest absolute Gasteiger partial charge is 0.493 e. The van der Waals surface area contributed by atoms with Crippen LogP contribution in [-0.4, -0.2) is 30.1 Å². The van der Waals surface area contributed by atoms with Gasteiger partial charge in [-0.15, -0.1) is 0 Å². The number of nitrogens with one attached hydrogen (secondary N) is 1. The summed E-state index contributed by atoms with van der Waals surface area (Å²) in [5, 5.41) is 11.7. The molecule has 1 saturated carbocycles. The van der Waals surface area contributed by atoms with Crippen LogP contribution < -0.4 is 20.5 Å². The number of benzene rings is 2. The van der Waals surface area contributed by atoms with Gasteiger partial charge >= 0.3 is 0 Å². The zero-order valence-corrected chi connectivity index (χ0v) is 20.9. The van der Waals surface area contributed by atoms with Crippen LogP contribution in [0.15, 0.2) is 72.0 Å². The second-order valence-corrected chi connectivity index (χ2v) is 9.16. The van der Waals surface area contributed by atoms with Crippen molar-refractivity contribution in [3.05, 3.63) is 83.7 Å². The first-order valence-electron chi connectivity index (χ1n) is 12.4. The maximum absolute atomic E-state index is 9.07. The van der Waals surface area contributed by atoms with Crippen molar-refractivity contribution in [2.45, 2.75) is 57.1 Å². The number of rotatable bonds is 9. The van der Waals surface area contributed by atoms with Gasteiger partial charge in [0.2, 0.25) is 0 Å². The first-order chi connectivity index (χ1) is 17.6. The van der Waals surface area contributed by atoms with Crippen LogP contribution in [0.5, 0.6) is 11.5 Å². The average Bonchev–Trinajstić information content (AvgIpc) is 3.41. The standard InChI is InChI=1S/C29H33N5O2/c1-20(31)29(33-19-30)34-24-7-5-6-22(17-24)26(16-21-12-14-32-15-13-21)23-10-11-27(35-2)28(18-23)36-25-8-3-4-9-25/h5-7,10-15,17-18,20,25-26H,3-4,8-9,16,31H2,1-2H3,(H,33,34)/t20?,26-/m1/s1. The Balaban J connectivity index is 1.74. The fourth-order valence-corrected chi connectivity index (χ4v) is 4.62. The number of methoxy groups -OCH3 is 1. The number of aromatic nitrogens is 1. The first kappa shape index (κ1) is 25.2. The first-order valence-corrected chi connectivity index (χ1v) is 12.4. The minimum absolute atomic E-state index is 0.0436. The maximum atomic E-state index is 9.07. The van der Waals surface area contributed by atoms with Gasteiger partial charge in [-0.25, -0.2) is 4.99 Å². The van der Waals surface area contributed by atoms with Gasteiger partial charge in [0.1, 0.15) is 5.84 Å². The molecule has 1 aliphatic carbocycles. The van der Waals surface area contributed by atoms with Crippen LogP contribution in [0.4, 0.5) is 5.69 Å². The van der Waals surface area contributed by atoms with Gasteiger partial charge in [-0.1, -0.05) is 18.2 Å². The molecule has 0 spiro atoms. The molecule has 1 aromatic heterocycles. The van der Waals surface area contributed by atoms with Gasteiger partial charge in [0.25, 0.3) is 0 Å². The third-order valence-electron chi connectivity index (χ3n) is 6.51. The van der Waals surface area contributed by atoms with Crippen LogP contribution in [0.2, 0.25) is 0 Å². The quantitative estimate of drug-likeness (QED) is 0.187. The summed E-state index contributed by atoms with van der Waals surface area (Å²) in [6.45, 7) is 1.79. The Kier molecular flexibility index (Phi) is 8.53. The number of nitrogens with zero attached hydrogens (tertiary/aromatic N) is 3. The molecule has 36 heavy (non-hydrogen) atoms. The molecule has 0 radical (unpaired) electrons. The summed E-state index contributed by atoms with van der Waals surface area (Å²) in [5.41, 5.74) is 10.1. The predicted octanol–water partition coefficient (Wildman–Crippen LogP) is 5.23. The molecule has 2 atom stereocenters. The molecule has 7 nitrogen and oxygen atoms in total. The zero-order chi connectivity index (χ0) is 25.3. The van der Waals surface area contributed by atoms with E-state index in [0.29, 0.717) is 5.84 Å². The van der Waals surface area contributed by atoms with Crippen LogP contribution in [-0.2, 0) is 6.42 Å². The van der Waals surface area contributed by atoms with Crippen LogP contribution >= 0.6 is 0 Å². The molecule has 0 saturated heterocycles. The molecule has 1 fully saturated rings. The number of hydrogen-bond donors (Lipinski definition) is 2. The molecule has 3 N–H and O–H groups in total. The van der Waals surface area contributed by atoms with Crippen LogP contribution in [0.1, 0.15) is 55.2 Å². The molecule has 2 aromatic carbocycles. The van der Waals surface area contributed by atoms with Gasteiger partial charge in [-0.3, -0.25) is 10.3 Å². The Bertz CT molecular complexity index is 1210. The van der Waals surface area contributed by atoms with Crippen molar-refractivity contribution in [3.63, 3.8) is 0 Å². The van der Waals surface area contributed by atoms with Gasteiger partial charge < -0.3 is 15.2 Å². The number of nitrogens with two attached hydrogens (primary N) is 1. The summed E-state index contributed by atoms with van der Waals surface area (Å²) in [7, 11) is 1.68. The second kappa shape index (κ2) is 12.2. The molecule has 0 aliphatic heterocycles. The molecule has 4 rings (SSSR count). The molecule has 1 unspecified atom stereocenters. The van der Waals surface area contributed by atoms with E-state index in [1.165, 1.54) is 18.4 Å². The van der Waals surface area contributed by atoms with E-state index in [0.717, 1.165) is 47.6 Å². The molecular weight excluding hydrogens is 450 g/mol. The van der Waals surface area contributed by atoms with Gasteiger partial charge in [0.05, 0.1) is 24.9 Å². The molecular formula is C29H33N5O2. The molecule has 1 heterocycles. The fourth-order valence-electron chi connectivity index (χ4n) is 4.62. The third kappa shape index (κ3) is 6.41. The summed E-state index contributed by atoms with van der Waals surface area (Å²) in [6, 6.07) is 18.0. The van der Waals surface area contributed by atoms with E-state index < -0.39 is 6.04 Å². The fraction of sp³-hybridized carbons (Fsp3) is 0.345. The Hall–Kier alpha value is -3.89. The number of hydrogen-bond acceptors (Lipinski definition) is 6. The highest BCUT2D eigenvalue weighted by Gasteiger charge is 2.22. The van der Waals surface area contributed by atoms with Crippen molar-refractivity contribution in [2.75, 3.05) is 7.11 Å². The predicted molar refractivity (Wildman–Crippen MR) is 142 cm³/mol. The minimum atomic E-state index is -0.391. The normalized spacial score (nSPS) is 15.7. The van der Waals surface area contributed by atoms with Crippen molar-refractivity contribution >= 4 is 11.5 Å². The van der Waals surface area contributed by atoms with E-state index in [9.17, 15) is 0 Å². The summed E-state index contributed by atoms with van der Waals surface area (Å²) >= 11 is 0. The van der Waals surface area contributed by atoms with Crippen molar-refractivity contribution in [1.29, 1.82) is 5.26 Å². The Morgan fingerprint density at radius 2 is 1.86 bits per heavy atom. The minimum Gasteiger partial charge on any atom is -0.493 e. The number of ether oxygens (including phenoxy) is 2. The Labute approximate surface area is 213 Å². The topological polar surface area (TPSA) is 106 Å². The van der Waals surface area contributed by atoms with Crippen LogP contribution in [0.3, 0.4) is 0 Å². The Morgan fingerprint density at radius 3 is 2.56 bits per heavy atom. The Morgan fingerprint density at radius 1 is 1.11 bits per heavy atom. The molecule has 0 amide bonds. The number of amidine groups is 1. The third-order valence-corrected chi connectivity index (χ3v) is 6.51. The molecule has 186 valence electrons. The van der Waals surface area contributed by atoms with E-state index in [-0.39, 0.29) is 12.0 Å². The monoisotopic (exact) mass is 483 g/mol. The SMILES string of the molecule is COc1ccc([C@H](Cc2ccncc2)c2cccc(N=C(NC#N)C(C)N)c2)cc1OC1CCCC1. The molecule has 1 aliphatic rings. The van der Waals surface area contributed by atoms with E-state index >= 15 is 0 Å². The van der Waals surface area contributed by atoms with Crippen molar-refractivity contribution in [3.8, 4) is 17.7 Å². The number of aliphatic imine (C=N–C) groups is 1. The van der Waals surface area contributed by atoms with Crippen LogP contribution in [0, 0.1) is 11.5 Å². The van der Waals surface area contributed by atoms with Gasteiger partial charge in [0, 0.05) is 18.3 Å². The smallest absolute Gasteiger partial charge is 0.182 e. The van der Waals surface area contributed by atoms with Crippen LogP contribution in [0.25, 0.3) is 0 Å². The van der Waals surface area contributed by atoms with E-state index in [2.05, 4.69) is 39.6 Å². The average molecular weight is 484 g/mol. The maximum Gasteiger partial charge on any atom is 0.182 e. The lowest BCUT2D eigenvalue weighted by atomic mass is 9.85. The van der Waals surface area contributed by atoms with Gasteiger partial charge in [-0.05, 0) is 92.1 Å². The number of nitriles is 1. The van der Waals surface area contributed by atoms with Crippen molar-refractivity contribution in [2.24, 2.45) is 10.7 Å². The lowest BCUT2D eigenvalue weighted by Crippen LogP contribution is -2.35. The highest BCUT2D eigenvalue weighted by Crippen LogP contribution is 2.38. The summed E-state index contributed by atoms with van der Waals surface area (Å²) < 4.78 is 12.0. The van der Waals surface area contributed by atoms with Gasteiger partial charge in [0.15, 0.2) is 17.7 Å².